The smallest absolute Gasteiger partial charge is 0.269 e. The summed E-state index contributed by atoms with van der Waals surface area (Å²) in [6, 6.07) is 23.0. The summed E-state index contributed by atoms with van der Waals surface area (Å²) in [6.07, 6.45) is 1.46. The van der Waals surface area contributed by atoms with Gasteiger partial charge < -0.3 is 0 Å². The Morgan fingerprint density at radius 2 is 1.59 bits per heavy atom. The van der Waals surface area contributed by atoms with Crippen molar-refractivity contribution in [2.75, 3.05) is 0 Å². The van der Waals surface area contributed by atoms with Crippen LogP contribution in [0.3, 0.4) is 0 Å². The third-order valence-corrected chi connectivity index (χ3v) is 4.79. The summed E-state index contributed by atoms with van der Waals surface area (Å²) in [6.45, 7) is 3.67. The second-order valence-corrected chi connectivity index (χ2v) is 7.46. The molecule has 0 radical (unpaired) electrons. The number of hydrogen-bond donors (Lipinski definition) is 1. The van der Waals surface area contributed by atoms with Crippen LogP contribution in [0.4, 0.5) is 4.39 Å². The molecule has 0 atom stereocenters. The van der Waals surface area contributed by atoms with E-state index in [9.17, 15) is 9.18 Å². The van der Waals surface area contributed by atoms with Gasteiger partial charge in [0.25, 0.3) is 5.91 Å². The van der Waals surface area contributed by atoms with Crippen LogP contribution in [-0.4, -0.2) is 15.7 Å². The first-order valence-corrected chi connectivity index (χ1v) is 9.47. The third kappa shape index (κ3) is 5.11. The van der Waals surface area contributed by atoms with Crippen LogP contribution < -0.4 is 5.32 Å². The fourth-order valence-corrected chi connectivity index (χ4v) is 3.43. The van der Waals surface area contributed by atoms with Crippen LogP contribution >= 0.6 is 0 Å². The normalized spacial score (nSPS) is 10.9. The summed E-state index contributed by atoms with van der Waals surface area (Å²) >= 11 is 0. The number of nitrogens with zero attached hydrogens (tertiary/aromatic N) is 2. The number of rotatable bonds is 5. The van der Waals surface area contributed by atoms with E-state index in [4.69, 9.17) is 0 Å². The minimum absolute atomic E-state index is 0.0744. The van der Waals surface area contributed by atoms with Crippen molar-refractivity contribution >= 4 is 5.91 Å². The van der Waals surface area contributed by atoms with Gasteiger partial charge >= 0.3 is 0 Å². The van der Waals surface area contributed by atoms with Crippen molar-refractivity contribution < 1.29 is 9.18 Å². The van der Waals surface area contributed by atoms with Crippen molar-refractivity contribution in [1.82, 2.24) is 15.1 Å². The van der Waals surface area contributed by atoms with E-state index < -0.39 is 17.3 Å². The highest BCUT2D eigenvalue weighted by Gasteiger charge is 2.24. The summed E-state index contributed by atoms with van der Waals surface area (Å²) < 4.78 is 15.1. The summed E-state index contributed by atoms with van der Waals surface area (Å²) in [7, 11) is 1.46. The molecule has 0 unspecified atom stereocenters. The Kier molecular flexibility index (Phi) is 6.13. The topological polar surface area (TPSA) is 46.9 Å². The largest absolute Gasteiger partial charge is 0.281 e. The number of carbonyl (C=O) groups excluding carboxylic acids is 1. The summed E-state index contributed by atoms with van der Waals surface area (Å²) in [5, 5.41) is 6.46. The number of amides is 1. The maximum absolute atomic E-state index is 14.1. The number of benzene rings is 2. The highest BCUT2D eigenvalue weighted by molar-refractivity contribution is 5.96. The zero-order valence-corrected chi connectivity index (χ0v) is 16.9. The number of hydrogen-bond acceptors (Lipinski definition) is 2. The maximum atomic E-state index is 14.1. The average molecular weight is 389 g/mol. The van der Waals surface area contributed by atoms with E-state index in [1.54, 1.807) is 6.92 Å². The highest BCUT2D eigenvalue weighted by Crippen LogP contribution is 2.27. The van der Waals surface area contributed by atoms with E-state index in [1.165, 1.54) is 18.2 Å². The number of halogens is 1. The quantitative estimate of drug-likeness (QED) is 0.529. The minimum Gasteiger partial charge on any atom is -0.281 e. The molecule has 1 aromatic heterocycles. The zero-order valence-electron chi connectivity index (χ0n) is 16.9. The van der Waals surface area contributed by atoms with E-state index in [1.807, 2.05) is 36.4 Å². The molecule has 29 heavy (non-hydrogen) atoms. The van der Waals surface area contributed by atoms with Crippen LogP contribution in [0.15, 0.2) is 60.7 Å². The van der Waals surface area contributed by atoms with Gasteiger partial charge in [-0.3, -0.25) is 10.1 Å². The SMILES string of the molecule is Cc1nn(C)c(F)c1C(=O)NC#CC(C)(Cc1ccccc1)Cc1ccccc1. The molecule has 0 aliphatic carbocycles. The standard InChI is InChI=1S/C24H24FN3O/c1-18-21(22(25)28(3)27-18)23(29)26-15-14-24(2,16-19-10-6-4-7-11-19)17-20-12-8-5-9-13-20/h4-13H,16-17H2,1-3H3,(H,26,29). The van der Waals surface area contributed by atoms with Crippen LogP contribution in [0.2, 0.25) is 0 Å². The Hall–Kier alpha value is -3.39. The lowest BCUT2D eigenvalue weighted by molar-refractivity contribution is 0.0968. The molecule has 3 aromatic rings. The first-order valence-electron chi connectivity index (χ1n) is 9.47. The third-order valence-electron chi connectivity index (χ3n) is 4.79. The van der Waals surface area contributed by atoms with Gasteiger partial charge in [0.2, 0.25) is 5.95 Å². The van der Waals surface area contributed by atoms with Crippen molar-refractivity contribution in [3.8, 4) is 12.0 Å². The summed E-state index contributed by atoms with van der Waals surface area (Å²) in [4.78, 5) is 12.4. The number of aromatic nitrogens is 2. The predicted octanol–water partition coefficient (Wildman–Crippen LogP) is 4.05. The van der Waals surface area contributed by atoms with Crippen molar-refractivity contribution in [1.29, 1.82) is 0 Å². The van der Waals surface area contributed by atoms with Crippen molar-refractivity contribution in [3.05, 3.63) is 89.0 Å². The molecular weight excluding hydrogens is 365 g/mol. The second kappa shape index (κ2) is 8.74. The Morgan fingerprint density at radius 1 is 1.07 bits per heavy atom. The van der Waals surface area contributed by atoms with E-state index in [2.05, 4.69) is 53.6 Å². The highest BCUT2D eigenvalue weighted by atomic mass is 19.1. The van der Waals surface area contributed by atoms with Gasteiger partial charge in [-0.2, -0.15) is 9.49 Å². The average Bonchev–Trinajstić information content (AvgIpc) is 2.95. The number of carbonyl (C=O) groups is 1. The van der Waals surface area contributed by atoms with Gasteiger partial charge in [0.05, 0.1) is 5.69 Å². The zero-order chi connectivity index (χ0) is 20.9. The van der Waals surface area contributed by atoms with Crippen LogP contribution in [0.5, 0.6) is 0 Å². The monoisotopic (exact) mass is 389 g/mol. The Morgan fingerprint density at radius 3 is 2.03 bits per heavy atom. The van der Waals surface area contributed by atoms with Gasteiger partial charge in [-0.15, -0.1) is 0 Å². The number of nitrogens with one attached hydrogen (secondary N) is 1. The van der Waals surface area contributed by atoms with E-state index >= 15 is 0 Å². The molecule has 0 fully saturated rings. The minimum atomic E-state index is -0.668. The lowest BCUT2D eigenvalue weighted by Gasteiger charge is -2.24. The number of aryl methyl sites for hydroxylation is 2. The summed E-state index contributed by atoms with van der Waals surface area (Å²) in [5.41, 5.74) is 2.19. The Balaban J connectivity index is 1.82. The summed E-state index contributed by atoms with van der Waals surface area (Å²) in [5.74, 6) is 1.96. The molecular formula is C24H24FN3O. The van der Waals surface area contributed by atoms with Gasteiger partial charge in [-0.05, 0) is 37.8 Å². The van der Waals surface area contributed by atoms with E-state index in [0.29, 0.717) is 5.69 Å². The molecule has 4 nitrogen and oxygen atoms in total. The van der Waals surface area contributed by atoms with Crippen LogP contribution in [0, 0.1) is 30.3 Å². The molecule has 0 spiro atoms. The molecule has 0 saturated carbocycles. The molecule has 0 bridgehead atoms. The predicted molar refractivity (Wildman–Crippen MR) is 112 cm³/mol. The molecule has 1 heterocycles. The van der Waals surface area contributed by atoms with Crippen LogP contribution in [0.1, 0.15) is 34.1 Å². The van der Waals surface area contributed by atoms with Gasteiger partial charge in [0, 0.05) is 18.5 Å². The lowest BCUT2D eigenvalue weighted by Crippen LogP contribution is -2.24. The van der Waals surface area contributed by atoms with Gasteiger partial charge in [0.1, 0.15) is 5.56 Å². The van der Waals surface area contributed by atoms with Crippen molar-refractivity contribution in [2.24, 2.45) is 12.5 Å². The first-order chi connectivity index (χ1) is 13.9. The van der Waals surface area contributed by atoms with Gasteiger partial charge in [-0.25, -0.2) is 4.68 Å². The van der Waals surface area contributed by atoms with Crippen LogP contribution in [-0.2, 0) is 19.9 Å². The molecule has 3 rings (SSSR count). The fourth-order valence-electron chi connectivity index (χ4n) is 3.43. The van der Waals surface area contributed by atoms with E-state index in [0.717, 1.165) is 17.5 Å². The molecule has 1 amide bonds. The Labute approximate surface area is 170 Å². The van der Waals surface area contributed by atoms with Crippen molar-refractivity contribution in [2.45, 2.75) is 26.7 Å². The molecule has 0 aliphatic rings. The molecule has 5 heteroatoms. The molecule has 2 aromatic carbocycles. The lowest BCUT2D eigenvalue weighted by atomic mass is 9.79. The van der Waals surface area contributed by atoms with Crippen LogP contribution in [0.25, 0.3) is 0 Å². The van der Waals surface area contributed by atoms with E-state index in [-0.39, 0.29) is 5.56 Å². The fraction of sp³-hybridized carbons (Fsp3) is 0.250. The molecule has 0 aliphatic heterocycles. The molecule has 148 valence electrons. The van der Waals surface area contributed by atoms with Gasteiger partial charge in [-0.1, -0.05) is 66.6 Å². The van der Waals surface area contributed by atoms with Gasteiger partial charge in [0.15, 0.2) is 0 Å². The molecule has 0 saturated heterocycles. The second-order valence-electron chi connectivity index (χ2n) is 7.46. The van der Waals surface area contributed by atoms with Crippen molar-refractivity contribution in [3.63, 3.8) is 0 Å². The first kappa shape index (κ1) is 20.3. The maximum Gasteiger partial charge on any atom is 0.269 e. The molecule has 1 N–H and O–H groups in total. The Bertz CT molecular complexity index is 1000.